The number of amides is 1. The molecule has 162 valence electrons. The van der Waals surface area contributed by atoms with Crippen molar-refractivity contribution >= 4 is 34.1 Å². The molecule has 32 heavy (non-hydrogen) atoms. The molecule has 8 heteroatoms. The number of anilines is 1. The van der Waals surface area contributed by atoms with Gasteiger partial charge in [-0.05, 0) is 61.5 Å². The van der Waals surface area contributed by atoms with Crippen molar-refractivity contribution in [2.24, 2.45) is 0 Å². The van der Waals surface area contributed by atoms with Gasteiger partial charge < -0.3 is 10.1 Å². The third-order valence-electron chi connectivity index (χ3n) is 5.19. The maximum atomic E-state index is 13.5. The van der Waals surface area contributed by atoms with Crippen LogP contribution in [0.4, 0.5) is 5.69 Å². The van der Waals surface area contributed by atoms with Crippen molar-refractivity contribution in [1.82, 2.24) is 9.13 Å². The maximum Gasteiger partial charge on any atom is 0.336 e. The molecule has 0 saturated heterocycles. The Bertz CT molecular complexity index is 1420. The van der Waals surface area contributed by atoms with Crippen molar-refractivity contribution in [3.8, 4) is 11.4 Å². The van der Waals surface area contributed by atoms with Gasteiger partial charge in [0.05, 0.1) is 23.7 Å². The first-order chi connectivity index (χ1) is 15.4. The average molecular weight is 450 g/mol. The number of carbonyl (C=O) groups is 1. The van der Waals surface area contributed by atoms with E-state index in [2.05, 4.69) is 5.32 Å². The number of para-hydroxylation sites is 1. The highest BCUT2D eigenvalue weighted by molar-refractivity contribution is 6.30. The predicted molar refractivity (Wildman–Crippen MR) is 125 cm³/mol. The third-order valence-corrected chi connectivity index (χ3v) is 5.42. The SMILES string of the molecule is COc1ccc(NC(=O)C(C)n2c(=O)n(-c3cccc(Cl)c3)c(=O)c3ccccc32)cc1. The summed E-state index contributed by atoms with van der Waals surface area (Å²) in [5.74, 6) is 0.255. The van der Waals surface area contributed by atoms with Crippen LogP contribution in [-0.4, -0.2) is 22.2 Å². The second-order valence-corrected chi connectivity index (χ2v) is 7.62. The van der Waals surface area contributed by atoms with E-state index >= 15 is 0 Å². The minimum atomic E-state index is -0.902. The van der Waals surface area contributed by atoms with E-state index in [0.717, 1.165) is 4.57 Å². The fourth-order valence-electron chi connectivity index (χ4n) is 3.54. The van der Waals surface area contributed by atoms with Gasteiger partial charge in [-0.25, -0.2) is 9.36 Å². The van der Waals surface area contributed by atoms with Crippen LogP contribution in [0.25, 0.3) is 16.6 Å². The van der Waals surface area contributed by atoms with Gasteiger partial charge in [-0.1, -0.05) is 29.8 Å². The van der Waals surface area contributed by atoms with Gasteiger partial charge >= 0.3 is 5.69 Å². The number of nitrogens with zero attached hydrogens (tertiary/aromatic N) is 2. The summed E-state index contributed by atoms with van der Waals surface area (Å²) in [6, 6.07) is 19.1. The molecule has 0 spiro atoms. The number of hydrogen-bond acceptors (Lipinski definition) is 4. The zero-order valence-corrected chi connectivity index (χ0v) is 18.2. The molecule has 1 unspecified atom stereocenters. The Hall–Kier alpha value is -3.84. The molecule has 0 radical (unpaired) electrons. The highest BCUT2D eigenvalue weighted by atomic mass is 35.5. The number of ether oxygens (including phenoxy) is 1. The van der Waals surface area contributed by atoms with Gasteiger partial charge in [-0.15, -0.1) is 0 Å². The monoisotopic (exact) mass is 449 g/mol. The first-order valence-corrected chi connectivity index (χ1v) is 10.3. The molecule has 0 fully saturated rings. The highest BCUT2D eigenvalue weighted by Crippen LogP contribution is 2.19. The molecule has 1 aromatic heterocycles. The number of halogens is 1. The number of rotatable bonds is 5. The Morgan fingerprint density at radius 3 is 2.41 bits per heavy atom. The second-order valence-electron chi connectivity index (χ2n) is 7.18. The predicted octanol–water partition coefficient (Wildman–Crippen LogP) is 4.01. The molecule has 7 nitrogen and oxygen atoms in total. The Labute approximate surface area is 188 Å². The molecular formula is C24H20ClN3O4. The number of nitrogens with one attached hydrogen (secondary N) is 1. The quantitative estimate of drug-likeness (QED) is 0.499. The molecule has 0 aliphatic rings. The van der Waals surface area contributed by atoms with Crippen LogP contribution in [0.15, 0.2) is 82.4 Å². The lowest BCUT2D eigenvalue weighted by molar-refractivity contribution is -0.118. The topological polar surface area (TPSA) is 82.3 Å². The first-order valence-electron chi connectivity index (χ1n) is 9.88. The number of benzene rings is 3. The summed E-state index contributed by atoms with van der Waals surface area (Å²) in [5, 5.41) is 3.51. The van der Waals surface area contributed by atoms with Crippen LogP contribution in [0.3, 0.4) is 0 Å². The molecule has 1 heterocycles. The highest BCUT2D eigenvalue weighted by Gasteiger charge is 2.23. The van der Waals surface area contributed by atoms with Crippen molar-refractivity contribution < 1.29 is 9.53 Å². The largest absolute Gasteiger partial charge is 0.497 e. The van der Waals surface area contributed by atoms with E-state index in [0.29, 0.717) is 33.0 Å². The number of carbonyl (C=O) groups excluding carboxylic acids is 1. The van der Waals surface area contributed by atoms with Crippen LogP contribution in [0.1, 0.15) is 13.0 Å². The van der Waals surface area contributed by atoms with Gasteiger partial charge in [-0.3, -0.25) is 14.2 Å². The minimum Gasteiger partial charge on any atom is -0.497 e. The van der Waals surface area contributed by atoms with E-state index in [-0.39, 0.29) is 0 Å². The first kappa shape index (κ1) is 21.4. The number of aromatic nitrogens is 2. The molecule has 3 aromatic carbocycles. The van der Waals surface area contributed by atoms with Crippen LogP contribution in [0.5, 0.6) is 5.75 Å². The zero-order chi connectivity index (χ0) is 22.8. The van der Waals surface area contributed by atoms with Gasteiger partial charge in [0.15, 0.2) is 0 Å². The smallest absolute Gasteiger partial charge is 0.336 e. The van der Waals surface area contributed by atoms with Crippen LogP contribution in [0.2, 0.25) is 5.02 Å². The average Bonchev–Trinajstić information content (AvgIpc) is 2.79. The van der Waals surface area contributed by atoms with Crippen LogP contribution in [0, 0.1) is 0 Å². The Kier molecular flexibility index (Phi) is 5.83. The van der Waals surface area contributed by atoms with Crippen molar-refractivity contribution in [3.63, 3.8) is 0 Å². The fourth-order valence-corrected chi connectivity index (χ4v) is 3.72. The lowest BCUT2D eigenvalue weighted by atomic mass is 10.2. The third kappa shape index (κ3) is 3.90. The molecule has 1 amide bonds. The molecule has 4 aromatic rings. The molecule has 1 atom stereocenters. The van der Waals surface area contributed by atoms with Gasteiger partial charge in [0, 0.05) is 10.7 Å². The van der Waals surface area contributed by atoms with Gasteiger partial charge in [0.25, 0.3) is 5.56 Å². The summed E-state index contributed by atoms with van der Waals surface area (Å²) in [6.07, 6.45) is 0. The number of hydrogen-bond donors (Lipinski definition) is 1. The summed E-state index contributed by atoms with van der Waals surface area (Å²) in [6.45, 7) is 1.61. The molecule has 0 bridgehead atoms. The lowest BCUT2D eigenvalue weighted by Gasteiger charge is -2.19. The molecule has 4 rings (SSSR count). The van der Waals surface area contributed by atoms with Gasteiger partial charge in [0.1, 0.15) is 11.8 Å². The lowest BCUT2D eigenvalue weighted by Crippen LogP contribution is -2.42. The molecule has 0 aliphatic heterocycles. The minimum absolute atomic E-state index is 0.316. The Balaban J connectivity index is 1.84. The summed E-state index contributed by atoms with van der Waals surface area (Å²) in [5.41, 5.74) is 0.149. The van der Waals surface area contributed by atoms with E-state index in [1.165, 1.54) is 10.6 Å². The van der Waals surface area contributed by atoms with E-state index in [1.54, 1.807) is 80.8 Å². The van der Waals surface area contributed by atoms with E-state index in [9.17, 15) is 14.4 Å². The Morgan fingerprint density at radius 1 is 1.00 bits per heavy atom. The Morgan fingerprint density at radius 2 is 1.72 bits per heavy atom. The summed E-state index contributed by atoms with van der Waals surface area (Å²) >= 11 is 6.09. The maximum absolute atomic E-state index is 13.5. The zero-order valence-electron chi connectivity index (χ0n) is 17.4. The second kappa shape index (κ2) is 8.72. The van der Waals surface area contributed by atoms with Gasteiger partial charge in [0.2, 0.25) is 5.91 Å². The van der Waals surface area contributed by atoms with E-state index in [1.807, 2.05) is 0 Å². The summed E-state index contributed by atoms with van der Waals surface area (Å²) in [7, 11) is 1.56. The molecular weight excluding hydrogens is 430 g/mol. The number of methoxy groups -OCH3 is 1. The van der Waals surface area contributed by atoms with Crippen molar-refractivity contribution in [1.29, 1.82) is 0 Å². The van der Waals surface area contributed by atoms with Crippen molar-refractivity contribution in [2.45, 2.75) is 13.0 Å². The van der Waals surface area contributed by atoms with Crippen LogP contribution >= 0.6 is 11.6 Å². The van der Waals surface area contributed by atoms with Gasteiger partial charge in [-0.2, -0.15) is 0 Å². The van der Waals surface area contributed by atoms with Crippen molar-refractivity contribution in [2.75, 3.05) is 12.4 Å². The normalized spacial score (nSPS) is 11.8. The molecule has 1 N–H and O–H groups in total. The molecule has 0 aliphatic carbocycles. The van der Waals surface area contributed by atoms with Crippen LogP contribution < -0.4 is 21.3 Å². The summed E-state index contributed by atoms with van der Waals surface area (Å²) < 4.78 is 7.48. The summed E-state index contributed by atoms with van der Waals surface area (Å²) in [4.78, 5) is 39.7. The van der Waals surface area contributed by atoms with E-state index < -0.39 is 23.2 Å². The standard InChI is InChI=1S/C24H20ClN3O4/c1-15(22(29)26-17-10-12-19(32-2)13-11-17)27-21-9-4-3-8-20(21)23(30)28(24(27)31)18-7-5-6-16(25)14-18/h3-15H,1-2H3,(H,26,29). The van der Waals surface area contributed by atoms with Crippen LogP contribution in [-0.2, 0) is 4.79 Å². The van der Waals surface area contributed by atoms with Crippen molar-refractivity contribution in [3.05, 3.63) is 98.7 Å². The van der Waals surface area contributed by atoms with E-state index in [4.69, 9.17) is 16.3 Å². The number of fused-ring (bicyclic) bond motifs is 1. The fraction of sp³-hybridized carbons (Fsp3) is 0.125. The molecule has 0 saturated carbocycles.